The highest BCUT2D eigenvalue weighted by molar-refractivity contribution is 7.99. The Kier molecular flexibility index (Phi) is 8.46. The predicted molar refractivity (Wildman–Crippen MR) is 154 cm³/mol. The number of nitrogens with one attached hydrogen (secondary N) is 1. The predicted octanol–water partition coefficient (Wildman–Crippen LogP) is 4.29. The number of rotatable bonds is 10. The number of methoxy groups -OCH3 is 2. The number of aromatic nitrogens is 3. The van der Waals surface area contributed by atoms with Gasteiger partial charge in [0.1, 0.15) is 11.5 Å². The highest BCUT2D eigenvalue weighted by atomic mass is 32.2. The first-order chi connectivity index (χ1) is 19.5. The monoisotopic (exact) mass is 576 g/mol. The van der Waals surface area contributed by atoms with Crippen LogP contribution in [0.25, 0.3) is 0 Å². The summed E-state index contributed by atoms with van der Waals surface area (Å²) < 4.78 is 12.3. The normalized spacial score (nSPS) is 14.6. The van der Waals surface area contributed by atoms with Crippen LogP contribution in [0.15, 0.2) is 76.3 Å². The third kappa shape index (κ3) is 6.02. The first-order valence-corrected chi connectivity index (χ1v) is 14.3. The average Bonchev–Trinajstić information content (AvgIpc) is 3.75. The molecule has 0 unspecified atom stereocenters. The molecule has 2 amide bonds. The molecule has 1 atom stereocenters. The standard InChI is InChI=1S/C28H28N6O4S2/c1-33-25(16-29-27(36)19-6-4-7-21(14-19)38-3)30-31-28(33)40-17-26(35)34-23(18-9-11-20(37-2)12-10-18)15-22(32-34)24-8-5-13-39-24/h4-14,23H,15-17H2,1-3H3,(H,29,36)/t23-/m0/s1. The van der Waals surface area contributed by atoms with Crippen LogP contribution in [0.3, 0.4) is 0 Å². The summed E-state index contributed by atoms with van der Waals surface area (Å²) >= 11 is 2.89. The fourth-order valence-corrected chi connectivity index (χ4v) is 5.76. The Balaban J connectivity index is 1.24. The van der Waals surface area contributed by atoms with Crippen molar-refractivity contribution >= 4 is 40.6 Å². The fourth-order valence-electron chi connectivity index (χ4n) is 4.26. The van der Waals surface area contributed by atoms with Crippen molar-refractivity contribution in [3.05, 3.63) is 87.9 Å². The number of ether oxygens (including phenoxy) is 2. The van der Waals surface area contributed by atoms with E-state index in [1.54, 1.807) is 59.4 Å². The molecule has 10 nitrogen and oxygen atoms in total. The van der Waals surface area contributed by atoms with Crippen LogP contribution in [0, 0.1) is 0 Å². The lowest BCUT2D eigenvalue weighted by Gasteiger charge is -2.22. The van der Waals surface area contributed by atoms with Gasteiger partial charge in [-0.05, 0) is 47.3 Å². The summed E-state index contributed by atoms with van der Waals surface area (Å²) in [5.41, 5.74) is 2.37. The molecule has 0 bridgehead atoms. The second-order valence-corrected chi connectivity index (χ2v) is 10.8. The van der Waals surface area contributed by atoms with Gasteiger partial charge in [-0.3, -0.25) is 9.59 Å². The quantitative estimate of drug-likeness (QED) is 0.280. The summed E-state index contributed by atoms with van der Waals surface area (Å²) in [6, 6.07) is 18.4. The van der Waals surface area contributed by atoms with Crippen LogP contribution >= 0.6 is 23.1 Å². The molecule has 206 valence electrons. The van der Waals surface area contributed by atoms with Crippen molar-refractivity contribution in [1.29, 1.82) is 0 Å². The van der Waals surface area contributed by atoms with E-state index in [0.717, 1.165) is 21.9 Å². The first-order valence-electron chi connectivity index (χ1n) is 12.5. The average molecular weight is 577 g/mol. The van der Waals surface area contributed by atoms with Crippen molar-refractivity contribution in [3.8, 4) is 11.5 Å². The van der Waals surface area contributed by atoms with Crippen LogP contribution in [0.5, 0.6) is 11.5 Å². The molecule has 40 heavy (non-hydrogen) atoms. The van der Waals surface area contributed by atoms with Crippen molar-refractivity contribution in [2.24, 2.45) is 12.1 Å². The molecule has 0 fully saturated rings. The van der Waals surface area contributed by atoms with Crippen molar-refractivity contribution in [2.45, 2.75) is 24.2 Å². The Hall–Kier alpha value is -4.16. The number of carbonyl (C=O) groups excluding carboxylic acids is 2. The molecule has 4 aromatic rings. The van der Waals surface area contributed by atoms with Gasteiger partial charge in [-0.1, -0.05) is 36.0 Å². The molecule has 0 aliphatic carbocycles. The molecule has 3 heterocycles. The van der Waals surface area contributed by atoms with Gasteiger partial charge in [0.25, 0.3) is 11.8 Å². The molecule has 0 saturated carbocycles. The number of thioether (sulfide) groups is 1. The number of hydrogen-bond donors (Lipinski definition) is 1. The van der Waals surface area contributed by atoms with Crippen LogP contribution < -0.4 is 14.8 Å². The van der Waals surface area contributed by atoms with E-state index < -0.39 is 0 Å². The molecule has 0 spiro atoms. The zero-order valence-electron chi connectivity index (χ0n) is 22.2. The zero-order chi connectivity index (χ0) is 28.1. The van der Waals surface area contributed by atoms with E-state index in [4.69, 9.17) is 14.6 Å². The topological polar surface area (TPSA) is 111 Å². The summed E-state index contributed by atoms with van der Waals surface area (Å²) in [5, 5.41) is 20.2. The highest BCUT2D eigenvalue weighted by Crippen LogP contribution is 2.35. The van der Waals surface area contributed by atoms with Crippen LogP contribution in [-0.2, 0) is 18.4 Å². The maximum atomic E-state index is 13.4. The van der Waals surface area contributed by atoms with Gasteiger partial charge in [0, 0.05) is 19.0 Å². The molecular formula is C28H28N6O4S2. The fraction of sp³-hybridized carbons (Fsp3) is 0.250. The van der Waals surface area contributed by atoms with Crippen molar-refractivity contribution in [2.75, 3.05) is 20.0 Å². The summed E-state index contributed by atoms with van der Waals surface area (Å²) in [5.74, 6) is 1.69. The van der Waals surface area contributed by atoms with E-state index in [2.05, 4.69) is 15.5 Å². The number of carbonyl (C=O) groups is 2. The largest absolute Gasteiger partial charge is 0.497 e. The second kappa shape index (κ2) is 12.3. The third-order valence-electron chi connectivity index (χ3n) is 6.46. The van der Waals surface area contributed by atoms with Gasteiger partial charge < -0.3 is 19.4 Å². The lowest BCUT2D eigenvalue weighted by molar-refractivity contribution is -0.130. The van der Waals surface area contributed by atoms with Gasteiger partial charge in [0.2, 0.25) is 0 Å². The van der Waals surface area contributed by atoms with Gasteiger partial charge in [-0.25, -0.2) is 5.01 Å². The van der Waals surface area contributed by atoms with E-state index >= 15 is 0 Å². The third-order valence-corrected chi connectivity index (χ3v) is 8.38. The Morgan fingerprint density at radius 2 is 1.85 bits per heavy atom. The summed E-state index contributed by atoms with van der Waals surface area (Å²) in [4.78, 5) is 27.0. The van der Waals surface area contributed by atoms with E-state index in [1.165, 1.54) is 11.8 Å². The SMILES string of the molecule is COc1ccc([C@@H]2CC(c3cccs3)=NN2C(=O)CSc2nnc(CNC(=O)c3cccc(OC)c3)n2C)cc1. The molecule has 1 aliphatic heterocycles. The van der Waals surface area contributed by atoms with Crippen LogP contribution in [0.4, 0.5) is 0 Å². The van der Waals surface area contributed by atoms with Crippen molar-refractivity contribution < 1.29 is 19.1 Å². The number of amides is 2. The molecule has 5 rings (SSSR count). The number of hydrogen-bond acceptors (Lipinski definition) is 9. The van der Waals surface area contributed by atoms with Crippen LogP contribution in [0.1, 0.15) is 39.1 Å². The number of hydrazone groups is 1. The summed E-state index contributed by atoms with van der Waals surface area (Å²) in [6.45, 7) is 0.189. The van der Waals surface area contributed by atoms with Crippen LogP contribution in [-0.4, -0.2) is 57.3 Å². The van der Waals surface area contributed by atoms with Crippen molar-refractivity contribution in [3.63, 3.8) is 0 Å². The maximum Gasteiger partial charge on any atom is 0.253 e. The minimum atomic E-state index is -0.246. The molecule has 1 aliphatic rings. The second-order valence-electron chi connectivity index (χ2n) is 8.92. The molecule has 0 radical (unpaired) electrons. The Morgan fingerprint density at radius 3 is 2.58 bits per heavy atom. The molecule has 2 aromatic heterocycles. The number of benzene rings is 2. The smallest absolute Gasteiger partial charge is 0.253 e. The molecular weight excluding hydrogens is 548 g/mol. The Labute approximate surface area is 240 Å². The molecule has 0 saturated heterocycles. The zero-order valence-corrected chi connectivity index (χ0v) is 23.9. The maximum absolute atomic E-state index is 13.4. The van der Waals surface area contributed by atoms with E-state index in [1.807, 2.05) is 48.8 Å². The molecule has 1 N–H and O–H groups in total. The number of thiophene rings is 1. The van der Waals surface area contributed by atoms with Crippen molar-refractivity contribution in [1.82, 2.24) is 25.1 Å². The van der Waals surface area contributed by atoms with E-state index in [-0.39, 0.29) is 30.2 Å². The first kappa shape index (κ1) is 27.4. The highest BCUT2D eigenvalue weighted by Gasteiger charge is 2.33. The molecule has 12 heteroatoms. The van der Waals surface area contributed by atoms with Gasteiger partial charge in [0.05, 0.1) is 43.1 Å². The van der Waals surface area contributed by atoms with E-state index in [9.17, 15) is 9.59 Å². The van der Waals surface area contributed by atoms with Gasteiger partial charge >= 0.3 is 0 Å². The Morgan fingerprint density at radius 1 is 1.05 bits per heavy atom. The Bertz CT molecular complexity index is 1520. The minimum Gasteiger partial charge on any atom is -0.497 e. The summed E-state index contributed by atoms with van der Waals surface area (Å²) in [6.07, 6.45) is 0.629. The van der Waals surface area contributed by atoms with Gasteiger partial charge in [-0.15, -0.1) is 21.5 Å². The van der Waals surface area contributed by atoms with Crippen LogP contribution in [0.2, 0.25) is 0 Å². The molecule has 2 aromatic carbocycles. The van der Waals surface area contributed by atoms with E-state index in [0.29, 0.717) is 28.7 Å². The lowest BCUT2D eigenvalue weighted by Crippen LogP contribution is -2.28. The minimum absolute atomic E-state index is 0.131. The lowest BCUT2D eigenvalue weighted by atomic mass is 10.0. The number of nitrogens with zero attached hydrogens (tertiary/aromatic N) is 5. The summed E-state index contributed by atoms with van der Waals surface area (Å²) in [7, 11) is 4.99. The van der Waals surface area contributed by atoms with Gasteiger partial charge in [0.15, 0.2) is 11.0 Å². The van der Waals surface area contributed by atoms with Gasteiger partial charge in [-0.2, -0.15) is 5.10 Å².